The maximum Gasteiger partial charge on any atom is 0.140 e. The van der Waals surface area contributed by atoms with Gasteiger partial charge in [0.2, 0.25) is 0 Å². The van der Waals surface area contributed by atoms with Gasteiger partial charge in [0.25, 0.3) is 0 Å². The largest absolute Gasteiger partial charge is 0.386 e. The molecule has 0 aromatic heterocycles. The van der Waals surface area contributed by atoms with Gasteiger partial charge in [-0.3, -0.25) is 9.80 Å². The minimum atomic E-state index is -0.635. The van der Waals surface area contributed by atoms with Crippen molar-refractivity contribution in [2.75, 3.05) is 26.2 Å². The molecule has 33 heavy (non-hydrogen) atoms. The van der Waals surface area contributed by atoms with Crippen molar-refractivity contribution in [2.45, 2.75) is 146 Å². The summed E-state index contributed by atoms with van der Waals surface area (Å²) in [5.74, 6) is 0.754. The molecule has 5 aliphatic heterocycles. The second-order valence-electron chi connectivity index (χ2n) is 12.0. The molecule has 5 heteroatoms. The second-order valence-corrected chi connectivity index (χ2v) is 12.0. The number of ether oxygens (including phenoxy) is 2. The molecule has 0 aliphatic carbocycles. The van der Waals surface area contributed by atoms with E-state index in [-0.39, 0.29) is 6.23 Å². The van der Waals surface area contributed by atoms with E-state index in [4.69, 9.17) is 9.47 Å². The number of fused-ring (bicyclic) bond motifs is 2. The van der Waals surface area contributed by atoms with E-state index >= 15 is 0 Å². The van der Waals surface area contributed by atoms with Gasteiger partial charge in [0.15, 0.2) is 0 Å². The van der Waals surface area contributed by atoms with Gasteiger partial charge in [-0.15, -0.1) is 0 Å². The Morgan fingerprint density at radius 2 is 1.15 bits per heavy atom. The van der Waals surface area contributed by atoms with E-state index in [1.54, 1.807) is 0 Å². The number of nitrogens with zero attached hydrogens (tertiary/aromatic N) is 2. The molecule has 5 nitrogen and oxygen atoms in total. The van der Waals surface area contributed by atoms with Crippen LogP contribution in [-0.4, -0.2) is 71.4 Å². The Bertz CT molecular complexity index is 604. The lowest BCUT2D eigenvalue weighted by atomic mass is 9.84. The molecule has 0 spiro atoms. The van der Waals surface area contributed by atoms with Crippen LogP contribution in [-0.2, 0) is 9.47 Å². The minimum absolute atomic E-state index is 0.0579. The molecule has 5 aliphatic rings. The highest BCUT2D eigenvalue weighted by molar-refractivity contribution is 4.95. The smallest absolute Gasteiger partial charge is 0.140 e. The van der Waals surface area contributed by atoms with Gasteiger partial charge in [-0.1, -0.05) is 51.4 Å². The summed E-state index contributed by atoms with van der Waals surface area (Å²) in [7, 11) is 0. The lowest BCUT2D eigenvalue weighted by Crippen LogP contribution is -2.61. The molecule has 0 unspecified atom stereocenters. The Labute approximate surface area is 202 Å². The fraction of sp³-hybridized carbons (Fsp3) is 1.00. The third kappa shape index (κ3) is 6.14. The molecule has 0 aromatic carbocycles. The molecule has 5 saturated heterocycles. The summed E-state index contributed by atoms with van der Waals surface area (Å²) in [6.07, 6.45) is 23.1. The van der Waals surface area contributed by atoms with Crippen molar-refractivity contribution in [2.24, 2.45) is 5.92 Å². The molecule has 4 bridgehead atoms. The standard InChI is InChI=1S/C28H50N2O3/c31-28-17-8-4-3-7-13-24-15-21-29-19-9-12-23(26(29)32-24)11-5-1-2-6-14-25-16-22-30(20-10-18-28)27(28)33-25/h23-27,31H,1-22H2/t23-,24-,25-,26+,27+,28-/m1/s1. The molecule has 0 amide bonds. The topological polar surface area (TPSA) is 45.2 Å². The van der Waals surface area contributed by atoms with Gasteiger partial charge < -0.3 is 14.6 Å². The molecule has 5 rings (SSSR count). The Morgan fingerprint density at radius 3 is 1.97 bits per heavy atom. The first kappa shape index (κ1) is 24.5. The first-order valence-electron chi connectivity index (χ1n) is 14.7. The average Bonchev–Trinajstić information content (AvgIpc) is 2.83. The average molecular weight is 463 g/mol. The predicted molar refractivity (Wildman–Crippen MR) is 132 cm³/mol. The molecule has 5 heterocycles. The van der Waals surface area contributed by atoms with Crippen LogP contribution >= 0.6 is 0 Å². The van der Waals surface area contributed by atoms with Crippen LogP contribution < -0.4 is 0 Å². The number of piperidine rings is 2. The van der Waals surface area contributed by atoms with E-state index < -0.39 is 5.60 Å². The molecule has 190 valence electrons. The van der Waals surface area contributed by atoms with E-state index in [0.29, 0.717) is 18.4 Å². The van der Waals surface area contributed by atoms with Crippen molar-refractivity contribution in [3.05, 3.63) is 0 Å². The predicted octanol–water partition coefficient (Wildman–Crippen LogP) is 5.45. The van der Waals surface area contributed by atoms with Crippen LogP contribution in [0.25, 0.3) is 0 Å². The van der Waals surface area contributed by atoms with Crippen LogP contribution in [0, 0.1) is 5.92 Å². The van der Waals surface area contributed by atoms with Gasteiger partial charge >= 0.3 is 0 Å². The summed E-state index contributed by atoms with van der Waals surface area (Å²) in [6, 6.07) is 0. The quantitative estimate of drug-likeness (QED) is 0.519. The summed E-state index contributed by atoms with van der Waals surface area (Å²) < 4.78 is 13.3. The van der Waals surface area contributed by atoms with Crippen molar-refractivity contribution < 1.29 is 14.6 Å². The third-order valence-corrected chi connectivity index (χ3v) is 9.50. The summed E-state index contributed by atoms with van der Waals surface area (Å²) in [5.41, 5.74) is -0.635. The molecule has 1 N–H and O–H groups in total. The van der Waals surface area contributed by atoms with Crippen LogP contribution in [0.15, 0.2) is 0 Å². The van der Waals surface area contributed by atoms with Gasteiger partial charge in [-0.05, 0) is 70.1 Å². The van der Waals surface area contributed by atoms with Gasteiger partial charge in [0.05, 0.1) is 12.2 Å². The van der Waals surface area contributed by atoms with E-state index in [1.165, 1.54) is 96.6 Å². The van der Waals surface area contributed by atoms with E-state index in [9.17, 15) is 5.11 Å². The van der Waals surface area contributed by atoms with Crippen molar-refractivity contribution in [3.8, 4) is 0 Å². The summed E-state index contributed by atoms with van der Waals surface area (Å²) in [4.78, 5) is 5.10. The van der Waals surface area contributed by atoms with Crippen LogP contribution in [0.3, 0.4) is 0 Å². The van der Waals surface area contributed by atoms with Gasteiger partial charge in [-0.2, -0.15) is 0 Å². The lowest BCUT2D eigenvalue weighted by Gasteiger charge is -2.51. The zero-order valence-corrected chi connectivity index (χ0v) is 21.1. The maximum absolute atomic E-state index is 11.6. The third-order valence-electron chi connectivity index (χ3n) is 9.50. The fourth-order valence-electron chi connectivity index (χ4n) is 7.56. The Hall–Kier alpha value is -0.200. The van der Waals surface area contributed by atoms with Crippen LogP contribution in [0.5, 0.6) is 0 Å². The summed E-state index contributed by atoms with van der Waals surface area (Å²) in [6.45, 7) is 4.70. The maximum atomic E-state index is 11.6. The zero-order valence-electron chi connectivity index (χ0n) is 21.1. The fourth-order valence-corrected chi connectivity index (χ4v) is 7.56. The minimum Gasteiger partial charge on any atom is -0.386 e. The number of rotatable bonds is 0. The Balaban J connectivity index is 1.19. The Morgan fingerprint density at radius 1 is 0.545 bits per heavy atom. The highest BCUT2D eigenvalue weighted by Gasteiger charge is 2.46. The highest BCUT2D eigenvalue weighted by atomic mass is 16.5. The van der Waals surface area contributed by atoms with Crippen LogP contribution in [0.4, 0.5) is 0 Å². The normalized spacial score (nSPS) is 43.0. The number of hydrogen-bond donors (Lipinski definition) is 1. The van der Waals surface area contributed by atoms with Crippen LogP contribution in [0.2, 0.25) is 0 Å². The molecule has 0 radical (unpaired) electrons. The van der Waals surface area contributed by atoms with E-state index in [0.717, 1.165) is 51.1 Å². The molecule has 0 saturated carbocycles. The number of hydrogen-bond acceptors (Lipinski definition) is 5. The summed E-state index contributed by atoms with van der Waals surface area (Å²) >= 11 is 0. The van der Waals surface area contributed by atoms with E-state index in [1.807, 2.05) is 0 Å². The van der Waals surface area contributed by atoms with Crippen molar-refractivity contribution in [1.29, 1.82) is 0 Å². The number of aliphatic hydroxyl groups is 1. The SMILES string of the molecule is O[C@]12CCCCCC[C@@H]3CCN4CCC[C@@H](CCCCCC[C@@H]5CCN(CCC1)[C@H]2O5)[C@@H]4O3. The van der Waals surface area contributed by atoms with Crippen molar-refractivity contribution in [3.63, 3.8) is 0 Å². The van der Waals surface area contributed by atoms with Gasteiger partial charge in [0, 0.05) is 26.2 Å². The van der Waals surface area contributed by atoms with Crippen LogP contribution in [0.1, 0.15) is 116 Å². The Kier molecular flexibility index (Phi) is 8.68. The van der Waals surface area contributed by atoms with Gasteiger partial charge in [-0.25, -0.2) is 0 Å². The van der Waals surface area contributed by atoms with Gasteiger partial charge in [0.1, 0.15) is 18.1 Å². The molecule has 0 aromatic rings. The summed E-state index contributed by atoms with van der Waals surface area (Å²) in [5, 5.41) is 11.6. The lowest BCUT2D eigenvalue weighted by molar-refractivity contribution is -0.245. The zero-order chi connectivity index (χ0) is 22.5. The monoisotopic (exact) mass is 462 g/mol. The molecule has 6 atom stereocenters. The first-order valence-corrected chi connectivity index (χ1v) is 14.7. The van der Waals surface area contributed by atoms with Crippen molar-refractivity contribution >= 4 is 0 Å². The van der Waals surface area contributed by atoms with E-state index in [2.05, 4.69) is 9.80 Å². The van der Waals surface area contributed by atoms with Crippen molar-refractivity contribution in [1.82, 2.24) is 9.80 Å². The highest BCUT2D eigenvalue weighted by Crippen LogP contribution is 2.38. The molecular formula is C28H50N2O3. The molecular weight excluding hydrogens is 412 g/mol. The second kappa shape index (κ2) is 11.7. The molecule has 5 fully saturated rings. The first-order chi connectivity index (χ1) is 16.2.